The summed E-state index contributed by atoms with van der Waals surface area (Å²) in [6.07, 6.45) is 0.937. The molecule has 0 aromatic heterocycles. The lowest BCUT2D eigenvalue weighted by molar-refractivity contribution is 0.238. The van der Waals surface area contributed by atoms with Crippen molar-refractivity contribution in [3.05, 3.63) is 35.4 Å². The van der Waals surface area contributed by atoms with Crippen molar-refractivity contribution in [1.29, 1.82) is 0 Å². The molecular weight excluding hydrogens is 214 g/mol. The van der Waals surface area contributed by atoms with Gasteiger partial charge in [-0.25, -0.2) is 4.79 Å². The molecule has 0 aliphatic rings. The van der Waals surface area contributed by atoms with Gasteiger partial charge < -0.3 is 16.4 Å². The summed E-state index contributed by atoms with van der Waals surface area (Å²) in [6, 6.07) is 7.83. The number of carbonyl (C=O) groups excluding carboxylic acids is 1. The van der Waals surface area contributed by atoms with Gasteiger partial charge in [-0.1, -0.05) is 31.2 Å². The van der Waals surface area contributed by atoms with E-state index in [-0.39, 0.29) is 12.1 Å². The topological polar surface area (TPSA) is 67.2 Å². The summed E-state index contributed by atoms with van der Waals surface area (Å²) < 4.78 is 0. The molecule has 0 aliphatic carbocycles. The van der Waals surface area contributed by atoms with Crippen LogP contribution in [0.1, 0.15) is 37.4 Å². The maximum Gasteiger partial charge on any atom is 0.315 e. The van der Waals surface area contributed by atoms with Crippen LogP contribution in [0, 0.1) is 0 Å². The van der Waals surface area contributed by atoms with E-state index in [0.29, 0.717) is 13.1 Å². The van der Waals surface area contributed by atoms with Crippen LogP contribution in [0.15, 0.2) is 24.3 Å². The fourth-order valence-corrected chi connectivity index (χ4v) is 1.51. The van der Waals surface area contributed by atoms with Gasteiger partial charge in [0.15, 0.2) is 0 Å². The lowest BCUT2D eigenvalue weighted by Gasteiger charge is -2.15. The highest BCUT2D eigenvalue weighted by atomic mass is 16.2. The molecule has 1 aromatic rings. The van der Waals surface area contributed by atoms with Crippen LogP contribution in [0.5, 0.6) is 0 Å². The second-order valence-corrected chi connectivity index (χ2v) is 4.07. The highest BCUT2D eigenvalue weighted by Gasteiger charge is 2.08. The number of carbonyl (C=O) groups is 1. The van der Waals surface area contributed by atoms with E-state index in [1.807, 2.05) is 38.1 Å². The molecule has 4 heteroatoms. The van der Waals surface area contributed by atoms with Crippen molar-refractivity contribution in [3.8, 4) is 0 Å². The van der Waals surface area contributed by atoms with Crippen LogP contribution in [0.3, 0.4) is 0 Å². The van der Waals surface area contributed by atoms with Crippen LogP contribution >= 0.6 is 0 Å². The van der Waals surface area contributed by atoms with E-state index in [1.165, 1.54) is 0 Å². The smallest absolute Gasteiger partial charge is 0.315 e. The van der Waals surface area contributed by atoms with Crippen molar-refractivity contribution in [2.45, 2.75) is 32.9 Å². The predicted molar refractivity (Wildman–Crippen MR) is 69.6 cm³/mol. The Hall–Kier alpha value is -1.55. The van der Waals surface area contributed by atoms with Crippen LogP contribution in [-0.2, 0) is 6.54 Å². The minimum atomic E-state index is -0.123. The number of benzene rings is 1. The zero-order valence-electron chi connectivity index (χ0n) is 10.5. The molecule has 0 aliphatic heterocycles. The molecule has 0 bridgehead atoms. The van der Waals surface area contributed by atoms with Gasteiger partial charge in [-0.2, -0.15) is 0 Å². The molecule has 4 nitrogen and oxygen atoms in total. The largest absolute Gasteiger partial charge is 0.338 e. The van der Waals surface area contributed by atoms with E-state index < -0.39 is 0 Å². The van der Waals surface area contributed by atoms with Crippen LogP contribution in [0.4, 0.5) is 4.79 Å². The van der Waals surface area contributed by atoms with E-state index in [0.717, 1.165) is 17.5 Å². The van der Waals surface area contributed by atoms with Gasteiger partial charge in [0.05, 0.1) is 6.04 Å². The van der Waals surface area contributed by atoms with Gasteiger partial charge in [0.25, 0.3) is 0 Å². The van der Waals surface area contributed by atoms with Crippen molar-refractivity contribution < 1.29 is 4.79 Å². The summed E-state index contributed by atoms with van der Waals surface area (Å²) in [7, 11) is 0. The molecule has 0 saturated heterocycles. The van der Waals surface area contributed by atoms with Gasteiger partial charge in [-0.05, 0) is 24.5 Å². The number of hydrogen-bond acceptors (Lipinski definition) is 2. The number of rotatable bonds is 5. The molecule has 17 heavy (non-hydrogen) atoms. The quantitative estimate of drug-likeness (QED) is 0.730. The Labute approximate surface area is 103 Å². The first kappa shape index (κ1) is 13.5. The first-order valence-electron chi connectivity index (χ1n) is 6.00. The summed E-state index contributed by atoms with van der Waals surface area (Å²) >= 11 is 0. The van der Waals surface area contributed by atoms with Crippen molar-refractivity contribution in [1.82, 2.24) is 10.6 Å². The van der Waals surface area contributed by atoms with Crippen molar-refractivity contribution in [2.75, 3.05) is 6.54 Å². The fraction of sp³-hybridized carbons (Fsp3) is 0.462. The average Bonchev–Trinajstić information content (AvgIpc) is 2.36. The molecule has 94 valence electrons. The third kappa shape index (κ3) is 4.44. The fourth-order valence-electron chi connectivity index (χ4n) is 1.51. The minimum absolute atomic E-state index is 0.00122. The second kappa shape index (κ2) is 6.91. The van der Waals surface area contributed by atoms with Crippen LogP contribution in [-0.4, -0.2) is 12.6 Å². The number of nitrogens with one attached hydrogen (secondary N) is 2. The SMILES string of the molecule is CCCNC(=O)NC(C)c1ccc(CN)cc1. The molecule has 1 unspecified atom stereocenters. The molecule has 0 spiro atoms. The maximum absolute atomic E-state index is 11.5. The van der Waals surface area contributed by atoms with Crippen molar-refractivity contribution in [2.24, 2.45) is 5.73 Å². The number of urea groups is 1. The summed E-state index contributed by atoms with van der Waals surface area (Å²) in [5.74, 6) is 0. The number of nitrogens with two attached hydrogens (primary N) is 1. The van der Waals surface area contributed by atoms with Crippen molar-refractivity contribution >= 4 is 6.03 Å². The van der Waals surface area contributed by atoms with E-state index in [2.05, 4.69) is 10.6 Å². The Morgan fingerprint density at radius 2 is 2.00 bits per heavy atom. The van der Waals surface area contributed by atoms with E-state index in [4.69, 9.17) is 5.73 Å². The first-order valence-corrected chi connectivity index (χ1v) is 6.00. The van der Waals surface area contributed by atoms with E-state index >= 15 is 0 Å². The average molecular weight is 235 g/mol. The third-order valence-electron chi connectivity index (χ3n) is 2.60. The predicted octanol–water partition coefficient (Wildman–Crippen LogP) is 1.92. The van der Waals surface area contributed by atoms with Gasteiger partial charge >= 0.3 is 6.03 Å². The molecule has 0 fully saturated rings. The molecule has 0 radical (unpaired) electrons. The second-order valence-electron chi connectivity index (χ2n) is 4.07. The molecule has 1 aromatic carbocycles. The Bertz CT molecular complexity index is 348. The molecule has 1 atom stereocenters. The Morgan fingerprint density at radius 1 is 1.35 bits per heavy atom. The van der Waals surface area contributed by atoms with Gasteiger partial charge in [0.2, 0.25) is 0 Å². The van der Waals surface area contributed by atoms with Gasteiger partial charge in [0, 0.05) is 13.1 Å². The van der Waals surface area contributed by atoms with Gasteiger partial charge in [-0.3, -0.25) is 0 Å². The first-order chi connectivity index (χ1) is 8.17. The summed E-state index contributed by atoms with van der Waals surface area (Å²) in [4.78, 5) is 11.5. The van der Waals surface area contributed by atoms with Crippen LogP contribution in [0.25, 0.3) is 0 Å². The zero-order chi connectivity index (χ0) is 12.7. The Balaban J connectivity index is 2.51. The summed E-state index contributed by atoms with van der Waals surface area (Å²) in [5, 5.41) is 5.67. The van der Waals surface area contributed by atoms with Gasteiger partial charge in [0.1, 0.15) is 0 Å². The van der Waals surface area contributed by atoms with Crippen LogP contribution < -0.4 is 16.4 Å². The van der Waals surface area contributed by atoms with Gasteiger partial charge in [-0.15, -0.1) is 0 Å². The standard InChI is InChI=1S/C13H21N3O/c1-3-8-15-13(17)16-10(2)12-6-4-11(9-14)5-7-12/h4-7,10H,3,8-9,14H2,1-2H3,(H2,15,16,17). The Kier molecular flexibility index (Phi) is 5.49. The molecule has 2 amide bonds. The van der Waals surface area contributed by atoms with E-state index in [9.17, 15) is 4.79 Å². The molecule has 0 saturated carbocycles. The normalized spacial score (nSPS) is 11.9. The maximum atomic E-state index is 11.5. The molecule has 1 rings (SSSR count). The highest BCUT2D eigenvalue weighted by Crippen LogP contribution is 2.12. The lowest BCUT2D eigenvalue weighted by Crippen LogP contribution is -2.37. The summed E-state index contributed by atoms with van der Waals surface area (Å²) in [5.41, 5.74) is 7.70. The van der Waals surface area contributed by atoms with E-state index in [1.54, 1.807) is 0 Å². The Morgan fingerprint density at radius 3 is 2.53 bits per heavy atom. The minimum Gasteiger partial charge on any atom is -0.338 e. The summed E-state index contributed by atoms with van der Waals surface area (Å²) in [6.45, 7) is 5.22. The van der Waals surface area contributed by atoms with Crippen LogP contribution in [0.2, 0.25) is 0 Å². The molecule has 0 heterocycles. The highest BCUT2D eigenvalue weighted by molar-refractivity contribution is 5.74. The number of hydrogen-bond donors (Lipinski definition) is 3. The molecule has 4 N–H and O–H groups in total. The number of amides is 2. The molecular formula is C13H21N3O. The monoisotopic (exact) mass is 235 g/mol. The zero-order valence-corrected chi connectivity index (χ0v) is 10.5. The third-order valence-corrected chi connectivity index (χ3v) is 2.60. The lowest BCUT2D eigenvalue weighted by atomic mass is 10.1. The van der Waals surface area contributed by atoms with Crippen molar-refractivity contribution in [3.63, 3.8) is 0 Å².